The van der Waals surface area contributed by atoms with Crippen LogP contribution in [0.4, 0.5) is 0 Å². The summed E-state index contributed by atoms with van der Waals surface area (Å²) in [5.41, 5.74) is 0.494. The molecule has 0 amide bonds. The molecule has 0 radical (unpaired) electrons. The third-order valence-corrected chi connectivity index (χ3v) is 2.53. The van der Waals surface area contributed by atoms with Crippen LogP contribution in [0.25, 0.3) is 0 Å². The molecule has 1 N–H and O–H groups in total. The first kappa shape index (κ1) is 8.91. The molecule has 1 heterocycles. The molecular weight excluding hydrogens is 168 g/mol. The molecular formula is C10H14O3. The molecule has 0 unspecified atom stereocenters. The van der Waals surface area contributed by atoms with Crippen molar-refractivity contribution in [1.82, 2.24) is 0 Å². The van der Waals surface area contributed by atoms with E-state index in [0.717, 1.165) is 0 Å². The summed E-state index contributed by atoms with van der Waals surface area (Å²) in [7, 11) is 0. The zero-order chi connectivity index (χ0) is 9.80. The third kappa shape index (κ3) is 1.32. The number of aliphatic hydroxyl groups is 1. The second kappa shape index (κ2) is 2.42. The van der Waals surface area contributed by atoms with Gasteiger partial charge in [0.2, 0.25) is 0 Å². The maximum Gasteiger partial charge on any atom is 0.190 e. The van der Waals surface area contributed by atoms with Gasteiger partial charge in [-0.2, -0.15) is 0 Å². The molecule has 3 heteroatoms. The first-order valence-electron chi connectivity index (χ1n) is 4.51. The third-order valence-electron chi connectivity index (χ3n) is 2.53. The summed E-state index contributed by atoms with van der Waals surface area (Å²) in [6, 6.07) is 0. The van der Waals surface area contributed by atoms with E-state index in [1.807, 2.05) is 20.8 Å². The van der Waals surface area contributed by atoms with E-state index in [-0.39, 0.29) is 23.4 Å². The Labute approximate surface area is 77.4 Å². The fraction of sp³-hybridized carbons (Fsp3) is 0.700. The lowest BCUT2D eigenvalue weighted by molar-refractivity contribution is -0.117. The first-order valence-corrected chi connectivity index (χ1v) is 4.51. The summed E-state index contributed by atoms with van der Waals surface area (Å²) in [5, 5.41) is 9.52. The molecule has 0 bridgehead atoms. The Hall–Kier alpha value is -0.670. The number of aliphatic hydroxyl groups excluding tert-OH is 1. The predicted octanol–water partition coefficient (Wildman–Crippen LogP) is 0.670. The van der Waals surface area contributed by atoms with Gasteiger partial charge in [0.15, 0.2) is 5.78 Å². The summed E-state index contributed by atoms with van der Waals surface area (Å²) in [4.78, 5) is 11.7. The number of hydrogen-bond donors (Lipinski definition) is 1. The second-order valence-corrected chi connectivity index (χ2v) is 4.71. The standard InChI is InChI=1S/C10H14O3/c1-10(2,3)5-4-6(11)8-9(13-8)7(5)12/h4,6,8-9,11H,1-3H3/t6-,8+,9-/m0/s1. The van der Waals surface area contributed by atoms with Crippen molar-refractivity contribution < 1.29 is 14.6 Å². The molecule has 3 nitrogen and oxygen atoms in total. The maximum atomic E-state index is 11.7. The summed E-state index contributed by atoms with van der Waals surface area (Å²) in [6.07, 6.45) is 0.404. The van der Waals surface area contributed by atoms with Gasteiger partial charge in [0.1, 0.15) is 18.3 Å². The highest BCUT2D eigenvalue weighted by molar-refractivity contribution is 6.03. The molecule has 3 atom stereocenters. The van der Waals surface area contributed by atoms with E-state index in [1.54, 1.807) is 6.08 Å². The van der Waals surface area contributed by atoms with E-state index in [9.17, 15) is 9.90 Å². The van der Waals surface area contributed by atoms with Crippen LogP contribution in [0.1, 0.15) is 20.8 Å². The number of hydrogen-bond acceptors (Lipinski definition) is 3. The van der Waals surface area contributed by atoms with E-state index < -0.39 is 6.10 Å². The van der Waals surface area contributed by atoms with Gasteiger partial charge in [0.25, 0.3) is 0 Å². The van der Waals surface area contributed by atoms with Crippen LogP contribution in [0.15, 0.2) is 11.6 Å². The Kier molecular flexibility index (Phi) is 1.66. The van der Waals surface area contributed by atoms with Gasteiger partial charge in [0.05, 0.1) is 0 Å². The lowest BCUT2D eigenvalue weighted by Crippen LogP contribution is -2.32. The van der Waals surface area contributed by atoms with Crippen LogP contribution < -0.4 is 0 Å². The smallest absolute Gasteiger partial charge is 0.190 e. The van der Waals surface area contributed by atoms with E-state index in [1.165, 1.54) is 0 Å². The van der Waals surface area contributed by atoms with Gasteiger partial charge in [-0.15, -0.1) is 0 Å². The molecule has 1 saturated heterocycles. The lowest BCUT2D eigenvalue weighted by atomic mass is 9.79. The van der Waals surface area contributed by atoms with Gasteiger partial charge < -0.3 is 9.84 Å². The number of Topliss-reactive ketones (excluding diaryl/α,β-unsaturated/α-hetero) is 1. The number of ketones is 1. The zero-order valence-electron chi connectivity index (χ0n) is 8.07. The minimum Gasteiger partial charge on any atom is -0.386 e. The van der Waals surface area contributed by atoms with Crippen molar-refractivity contribution in [1.29, 1.82) is 0 Å². The highest BCUT2D eigenvalue weighted by Crippen LogP contribution is 2.39. The summed E-state index contributed by atoms with van der Waals surface area (Å²) in [5.74, 6) is 0.0443. The van der Waals surface area contributed by atoms with Crippen LogP contribution in [0.3, 0.4) is 0 Å². The fourth-order valence-electron chi connectivity index (χ4n) is 1.72. The molecule has 13 heavy (non-hydrogen) atoms. The molecule has 2 aliphatic rings. The van der Waals surface area contributed by atoms with E-state index in [2.05, 4.69) is 0 Å². The number of fused-ring (bicyclic) bond motifs is 1. The van der Waals surface area contributed by atoms with Gasteiger partial charge in [-0.05, 0) is 11.5 Å². The van der Waals surface area contributed by atoms with E-state index in [0.29, 0.717) is 5.57 Å². The Balaban J connectivity index is 2.32. The van der Waals surface area contributed by atoms with Crippen LogP contribution in [0.5, 0.6) is 0 Å². The van der Waals surface area contributed by atoms with Crippen molar-refractivity contribution in [3.63, 3.8) is 0 Å². The number of rotatable bonds is 0. The zero-order valence-corrected chi connectivity index (χ0v) is 8.07. The SMILES string of the molecule is CC(C)(C)C1=C[C@H](O)[C@H]2O[C@H]2C1=O. The van der Waals surface area contributed by atoms with Crippen LogP contribution in [0, 0.1) is 5.41 Å². The monoisotopic (exact) mass is 182 g/mol. The fourth-order valence-corrected chi connectivity index (χ4v) is 1.72. The normalized spacial score (nSPS) is 38.3. The molecule has 0 spiro atoms. The largest absolute Gasteiger partial charge is 0.386 e. The van der Waals surface area contributed by atoms with Crippen LogP contribution in [-0.2, 0) is 9.53 Å². The molecule has 0 aromatic carbocycles. The Morgan fingerprint density at radius 1 is 1.46 bits per heavy atom. The van der Waals surface area contributed by atoms with Gasteiger partial charge in [0, 0.05) is 5.57 Å². The second-order valence-electron chi connectivity index (χ2n) is 4.71. The molecule has 1 aliphatic heterocycles. The highest BCUT2D eigenvalue weighted by atomic mass is 16.6. The van der Waals surface area contributed by atoms with Gasteiger partial charge >= 0.3 is 0 Å². The Bertz CT molecular complexity index is 285. The molecule has 2 rings (SSSR count). The minimum absolute atomic E-state index is 0.0443. The number of ether oxygens (including phenoxy) is 1. The average molecular weight is 182 g/mol. The van der Waals surface area contributed by atoms with Crippen molar-refractivity contribution in [3.8, 4) is 0 Å². The van der Waals surface area contributed by atoms with Crippen LogP contribution >= 0.6 is 0 Å². The minimum atomic E-state index is -0.600. The summed E-state index contributed by atoms with van der Waals surface area (Å²) >= 11 is 0. The van der Waals surface area contributed by atoms with Crippen molar-refractivity contribution >= 4 is 5.78 Å². The van der Waals surface area contributed by atoms with Crippen molar-refractivity contribution in [2.24, 2.45) is 5.41 Å². The number of epoxide rings is 1. The van der Waals surface area contributed by atoms with Crippen molar-refractivity contribution in [3.05, 3.63) is 11.6 Å². The number of carbonyl (C=O) groups is 1. The summed E-state index contributed by atoms with van der Waals surface area (Å²) in [6.45, 7) is 5.89. The molecule has 1 fully saturated rings. The lowest BCUT2D eigenvalue weighted by Gasteiger charge is -2.24. The maximum absolute atomic E-state index is 11.7. The molecule has 72 valence electrons. The van der Waals surface area contributed by atoms with Gasteiger partial charge in [-0.3, -0.25) is 4.79 Å². The highest BCUT2D eigenvalue weighted by Gasteiger charge is 2.54. The topological polar surface area (TPSA) is 49.8 Å². The Morgan fingerprint density at radius 2 is 2.08 bits per heavy atom. The van der Waals surface area contributed by atoms with Crippen molar-refractivity contribution in [2.75, 3.05) is 0 Å². The summed E-state index contributed by atoms with van der Waals surface area (Å²) < 4.78 is 5.08. The molecule has 1 aliphatic carbocycles. The van der Waals surface area contributed by atoms with Crippen molar-refractivity contribution in [2.45, 2.75) is 39.1 Å². The molecule has 0 aromatic rings. The predicted molar refractivity (Wildman–Crippen MR) is 47.2 cm³/mol. The quantitative estimate of drug-likeness (QED) is 0.560. The average Bonchev–Trinajstić information content (AvgIpc) is 2.73. The van der Waals surface area contributed by atoms with Crippen LogP contribution in [0.2, 0.25) is 0 Å². The number of carbonyl (C=O) groups excluding carboxylic acids is 1. The van der Waals surface area contributed by atoms with Gasteiger partial charge in [-0.1, -0.05) is 20.8 Å². The van der Waals surface area contributed by atoms with Gasteiger partial charge in [-0.25, -0.2) is 0 Å². The molecule has 0 saturated carbocycles. The van der Waals surface area contributed by atoms with E-state index >= 15 is 0 Å². The Morgan fingerprint density at radius 3 is 2.62 bits per heavy atom. The van der Waals surface area contributed by atoms with E-state index in [4.69, 9.17) is 4.74 Å². The molecule has 0 aromatic heterocycles. The van der Waals surface area contributed by atoms with Crippen LogP contribution in [-0.4, -0.2) is 29.2 Å². The first-order chi connectivity index (χ1) is 5.91.